The average Bonchev–Trinajstić information content (AvgIpc) is 2.87. The molecule has 1 N–H and O–H groups in total. The van der Waals surface area contributed by atoms with Gasteiger partial charge in [-0.05, 0) is 66.9 Å². The molecule has 1 saturated carbocycles. The highest BCUT2D eigenvalue weighted by atomic mass is 35.5. The van der Waals surface area contributed by atoms with Crippen LogP contribution in [0.5, 0.6) is 0 Å². The van der Waals surface area contributed by atoms with Crippen molar-refractivity contribution in [3.63, 3.8) is 0 Å². The maximum absolute atomic E-state index is 12.8. The average molecular weight is 493 g/mol. The summed E-state index contributed by atoms with van der Waals surface area (Å²) >= 11 is 6.07. The van der Waals surface area contributed by atoms with Gasteiger partial charge in [0.05, 0.1) is 11.2 Å². The van der Waals surface area contributed by atoms with E-state index in [1.807, 2.05) is 12.1 Å². The van der Waals surface area contributed by atoms with Gasteiger partial charge in [-0.3, -0.25) is 0 Å². The molecular weight excluding hydrogens is 460 g/mol. The number of piperazine rings is 1. The van der Waals surface area contributed by atoms with Gasteiger partial charge in [-0.2, -0.15) is 0 Å². The van der Waals surface area contributed by atoms with Crippen LogP contribution in [0.25, 0.3) is 10.8 Å². The van der Waals surface area contributed by atoms with Gasteiger partial charge in [-0.25, -0.2) is 4.79 Å². The highest BCUT2D eigenvalue weighted by molar-refractivity contribution is 6.30. The summed E-state index contributed by atoms with van der Waals surface area (Å²) in [6.45, 7) is 4.78. The van der Waals surface area contributed by atoms with Gasteiger partial charge in [0, 0.05) is 43.7 Å². The van der Waals surface area contributed by atoms with Crippen LogP contribution in [0.3, 0.4) is 0 Å². The number of carbonyl (C=O) groups excluding carboxylic acids is 1. The smallest absolute Gasteiger partial charge is 0.338 e. The van der Waals surface area contributed by atoms with E-state index in [0.29, 0.717) is 29.8 Å². The number of rotatable bonds is 5. The number of hydrogen-bond donors (Lipinski definition) is 1. The van der Waals surface area contributed by atoms with E-state index in [1.165, 1.54) is 5.39 Å². The Morgan fingerprint density at radius 2 is 1.80 bits per heavy atom. The van der Waals surface area contributed by atoms with Crippen molar-refractivity contribution in [1.29, 1.82) is 0 Å². The summed E-state index contributed by atoms with van der Waals surface area (Å²) in [6.07, 6.45) is 1.56. The molecule has 3 aromatic rings. The predicted octanol–water partition coefficient (Wildman–Crippen LogP) is 4.95. The first-order chi connectivity index (χ1) is 16.9. The lowest BCUT2D eigenvalue weighted by Crippen LogP contribution is -2.52. The summed E-state index contributed by atoms with van der Waals surface area (Å²) in [5.41, 5.74) is 0.449. The summed E-state index contributed by atoms with van der Waals surface area (Å²) in [6, 6.07) is 21.4. The van der Waals surface area contributed by atoms with E-state index < -0.39 is 5.60 Å². The second-order valence-corrected chi connectivity index (χ2v) is 10.5. The van der Waals surface area contributed by atoms with Gasteiger partial charge in [0.1, 0.15) is 6.10 Å². The molecule has 1 aliphatic heterocycles. The Morgan fingerprint density at radius 1 is 1.03 bits per heavy atom. The number of likely N-dealkylation sites (N-methyl/N-ethyl adjacent to an activating group) is 1. The van der Waals surface area contributed by atoms with Crippen molar-refractivity contribution in [3.8, 4) is 0 Å². The molecule has 2 aliphatic rings. The van der Waals surface area contributed by atoms with Crippen molar-refractivity contribution in [2.75, 3.05) is 39.8 Å². The second-order valence-electron chi connectivity index (χ2n) is 10.1. The monoisotopic (exact) mass is 492 g/mol. The molecule has 3 atom stereocenters. The topological polar surface area (TPSA) is 53.0 Å². The number of benzene rings is 3. The SMILES string of the molecule is CN1CCN(CC2CC(OC(=O)c3cccc(Cl)c3)CCC2(O)c2ccc3ccccc3c2)CC1. The van der Waals surface area contributed by atoms with Crippen LogP contribution in [0.1, 0.15) is 35.2 Å². The zero-order valence-corrected chi connectivity index (χ0v) is 21.0. The number of ether oxygens (including phenoxy) is 1. The van der Waals surface area contributed by atoms with E-state index in [2.05, 4.69) is 47.2 Å². The van der Waals surface area contributed by atoms with Gasteiger partial charge in [0.25, 0.3) is 0 Å². The minimum absolute atomic E-state index is 0.0435. The van der Waals surface area contributed by atoms with Crippen molar-refractivity contribution in [2.45, 2.75) is 31.0 Å². The second kappa shape index (κ2) is 10.3. The minimum Gasteiger partial charge on any atom is -0.459 e. The minimum atomic E-state index is -0.966. The van der Waals surface area contributed by atoms with Crippen LogP contribution in [0.4, 0.5) is 0 Å². The van der Waals surface area contributed by atoms with Crippen molar-refractivity contribution in [3.05, 3.63) is 82.9 Å². The van der Waals surface area contributed by atoms with E-state index >= 15 is 0 Å². The maximum Gasteiger partial charge on any atom is 0.338 e. The molecule has 1 saturated heterocycles. The third kappa shape index (κ3) is 5.39. The third-order valence-corrected chi connectivity index (χ3v) is 7.96. The Labute approximate surface area is 212 Å². The zero-order chi connectivity index (χ0) is 24.4. The van der Waals surface area contributed by atoms with Crippen molar-refractivity contribution in [2.24, 2.45) is 5.92 Å². The lowest BCUT2D eigenvalue weighted by Gasteiger charge is -2.46. The fourth-order valence-electron chi connectivity index (χ4n) is 5.56. The quantitative estimate of drug-likeness (QED) is 0.510. The molecule has 0 bridgehead atoms. The molecule has 0 radical (unpaired) electrons. The van der Waals surface area contributed by atoms with Gasteiger partial charge >= 0.3 is 5.97 Å². The number of hydrogen-bond acceptors (Lipinski definition) is 5. The molecule has 184 valence electrons. The molecule has 1 aliphatic carbocycles. The molecule has 5 nitrogen and oxygen atoms in total. The normalized spacial score (nSPS) is 26.0. The maximum atomic E-state index is 12.8. The van der Waals surface area contributed by atoms with Crippen LogP contribution in [-0.2, 0) is 10.3 Å². The fourth-order valence-corrected chi connectivity index (χ4v) is 5.75. The van der Waals surface area contributed by atoms with Gasteiger partial charge < -0.3 is 19.6 Å². The molecular formula is C29H33ClN2O3. The Hall–Kier alpha value is -2.44. The van der Waals surface area contributed by atoms with Crippen molar-refractivity contribution < 1.29 is 14.6 Å². The molecule has 5 rings (SSSR count). The van der Waals surface area contributed by atoms with Crippen LogP contribution >= 0.6 is 11.6 Å². The number of fused-ring (bicyclic) bond motifs is 1. The first kappa shape index (κ1) is 24.3. The molecule has 3 unspecified atom stereocenters. The molecule has 0 spiro atoms. The number of esters is 1. The summed E-state index contributed by atoms with van der Waals surface area (Å²) in [5, 5.41) is 15.0. The van der Waals surface area contributed by atoms with E-state index in [4.69, 9.17) is 16.3 Å². The highest BCUT2D eigenvalue weighted by Crippen LogP contribution is 2.44. The van der Waals surface area contributed by atoms with Crippen LogP contribution < -0.4 is 0 Å². The van der Waals surface area contributed by atoms with E-state index in [-0.39, 0.29) is 18.0 Å². The first-order valence-electron chi connectivity index (χ1n) is 12.5. The first-order valence-corrected chi connectivity index (χ1v) is 12.9. The van der Waals surface area contributed by atoms with E-state index in [0.717, 1.165) is 43.7 Å². The standard InChI is InChI=1S/C29H33ClN2O3/c1-31-13-15-32(16-14-31)20-25-19-27(35-28(33)23-7-4-8-26(30)18-23)11-12-29(25,34)24-10-9-21-5-2-3-6-22(21)17-24/h2-10,17-18,25,27,34H,11-16,19-20H2,1H3. The number of carbonyl (C=O) groups is 1. The Morgan fingerprint density at radius 3 is 2.57 bits per heavy atom. The summed E-state index contributed by atoms with van der Waals surface area (Å²) in [5.74, 6) is -0.398. The lowest BCUT2D eigenvalue weighted by molar-refractivity contribution is -0.100. The lowest BCUT2D eigenvalue weighted by atomic mass is 9.70. The molecule has 35 heavy (non-hydrogen) atoms. The number of nitrogens with zero attached hydrogens (tertiary/aromatic N) is 2. The van der Waals surface area contributed by atoms with Crippen LogP contribution in [0.2, 0.25) is 5.02 Å². The van der Waals surface area contributed by atoms with E-state index in [1.54, 1.807) is 24.3 Å². The highest BCUT2D eigenvalue weighted by Gasteiger charge is 2.45. The zero-order valence-electron chi connectivity index (χ0n) is 20.2. The van der Waals surface area contributed by atoms with Crippen LogP contribution in [0.15, 0.2) is 66.7 Å². The molecule has 1 heterocycles. The number of halogens is 1. The third-order valence-electron chi connectivity index (χ3n) is 7.73. The van der Waals surface area contributed by atoms with Gasteiger partial charge in [-0.1, -0.05) is 54.1 Å². The van der Waals surface area contributed by atoms with Gasteiger partial charge in [0.15, 0.2) is 0 Å². The van der Waals surface area contributed by atoms with Crippen molar-refractivity contribution in [1.82, 2.24) is 9.80 Å². The largest absolute Gasteiger partial charge is 0.459 e. The Kier molecular flexibility index (Phi) is 7.12. The molecule has 3 aromatic carbocycles. The van der Waals surface area contributed by atoms with E-state index in [9.17, 15) is 9.90 Å². The van der Waals surface area contributed by atoms with Crippen LogP contribution in [-0.4, -0.2) is 66.8 Å². The Bertz CT molecular complexity index is 1190. The molecule has 0 amide bonds. The van der Waals surface area contributed by atoms with Gasteiger partial charge in [0.2, 0.25) is 0 Å². The Balaban J connectivity index is 1.38. The summed E-state index contributed by atoms with van der Waals surface area (Å²) < 4.78 is 5.93. The van der Waals surface area contributed by atoms with Crippen molar-refractivity contribution >= 4 is 28.3 Å². The number of aliphatic hydroxyl groups is 1. The molecule has 0 aromatic heterocycles. The fraction of sp³-hybridized carbons (Fsp3) is 0.414. The molecule has 6 heteroatoms. The van der Waals surface area contributed by atoms with Gasteiger partial charge in [-0.15, -0.1) is 0 Å². The summed E-state index contributed by atoms with van der Waals surface area (Å²) in [7, 11) is 2.15. The molecule has 2 fully saturated rings. The van der Waals surface area contributed by atoms with Crippen LogP contribution in [0, 0.1) is 5.92 Å². The predicted molar refractivity (Wildman–Crippen MR) is 140 cm³/mol. The summed E-state index contributed by atoms with van der Waals surface area (Å²) in [4.78, 5) is 17.6.